The second-order valence-electron chi connectivity index (χ2n) is 5.12. The molecule has 0 aliphatic rings. The first kappa shape index (κ1) is 16.5. The monoisotopic (exact) mass is 321 g/mol. The molecule has 2 rings (SSSR count). The summed E-state index contributed by atoms with van der Waals surface area (Å²) in [5, 5.41) is 17.1. The molecule has 1 aromatic heterocycles. The highest BCUT2D eigenvalue weighted by Gasteiger charge is 2.10. The van der Waals surface area contributed by atoms with Gasteiger partial charge in [0.25, 0.3) is 5.91 Å². The molecule has 0 spiro atoms. The summed E-state index contributed by atoms with van der Waals surface area (Å²) in [7, 11) is 0. The Labute approximate surface area is 134 Å². The summed E-state index contributed by atoms with van der Waals surface area (Å²) >= 11 is 6.11. The van der Waals surface area contributed by atoms with Crippen molar-refractivity contribution >= 4 is 17.5 Å². The summed E-state index contributed by atoms with van der Waals surface area (Å²) < 4.78 is 1.68. The fraction of sp³-hybridized carbons (Fsp3) is 0.375. The van der Waals surface area contributed by atoms with Gasteiger partial charge >= 0.3 is 0 Å². The van der Waals surface area contributed by atoms with Crippen molar-refractivity contribution in [1.29, 1.82) is 0 Å². The highest BCUT2D eigenvalue weighted by molar-refractivity contribution is 6.31. The predicted octanol–water partition coefficient (Wildman–Crippen LogP) is 2.48. The number of halogens is 1. The molecule has 2 aromatic rings. The molecule has 118 valence electrons. The van der Waals surface area contributed by atoms with Crippen molar-refractivity contribution < 1.29 is 9.90 Å². The Morgan fingerprint density at radius 3 is 2.95 bits per heavy atom. The molecule has 1 unspecified atom stereocenters. The van der Waals surface area contributed by atoms with E-state index in [0.29, 0.717) is 36.5 Å². The lowest BCUT2D eigenvalue weighted by Gasteiger charge is -2.07. The summed E-state index contributed by atoms with van der Waals surface area (Å²) in [6.45, 7) is 2.87. The number of aliphatic hydroxyl groups excluding tert-OH is 1. The maximum atomic E-state index is 12.0. The van der Waals surface area contributed by atoms with Gasteiger partial charge < -0.3 is 10.4 Å². The predicted molar refractivity (Wildman–Crippen MR) is 86.0 cm³/mol. The molecule has 0 saturated heterocycles. The number of amides is 1. The lowest BCUT2D eigenvalue weighted by Crippen LogP contribution is -2.26. The van der Waals surface area contributed by atoms with Gasteiger partial charge in [-0.3, -0.25) is 9.48 Å². The number of carbonyl (C=O) groups excluding carboxylic acids is 1. The molecule has 0 saturated carbocycles. The van der Waals surface area contributed by atoms with E-state index in [0.717, 1.165) is 5.56 Å². The quantitative estimate of drug-likeness (QED) is 0.823. The van der Waals surface area contributed by atoms with Gasteiger partial charge in [-0.2, -0.15) is 5.10 Å². The lowest BCUT2D eigenvalue weighted by molar-refractivity contribution is 0.0942. The molecule has 22 heavy (non-hydrogen) atoms. The normalized spacial score (nSPS) is 12.1. The highest BCUT2D eigenvalue weighted by atomic mass is 35.5. The first-order valence-corrected chi connectivity index (χ1v) is 7.70. The Kier molecular flexibility index (Phi) is 5.98. The summed E-state index contributed by atoms with van der Waals surface area (Å²) in [5.41, 5.74) is 1.45. The minimum absolute atomic E-state index is 0.186. The van der Waals surface area contributed by atoms with Crippen molar-refractivity contribution in [1.82, 2.24) is 15.1 Å². The fourth-order valence-electron chi connectivity index (χ4n) is 2.03. The van der Waals surface area contributed by atoms with Gasteiger partial charge in [-0.25, -0.2) is 0 Å². The second-order valence-corrected chi connectivity index (χ2v) is 5.53. The first-order chi connectivity index (χ1) is 10.6. The average molecular weight is 322 g/mol. The van der Waals surface area contributed by atoms with Crippen molar-refractivity contribution in [2.45, 2.75) is 32.4 Å². The molecular formula is C16H20ClN3O2. The number of carbonyl (C=O) groups is 1. The largest absolute Gasteiger partial charge is 0.393 e. The third-order valence-electron chi connectivity index (χ3n) is 3.42. The Morgan fingerprint density at radius 1 is 1.45 bits per heavy atom. The molecule has 0 radical (unpaired) electrons. The van der Waals surface area contributed by atoms with Crippen LogP contribution in [0, 0.1) is 0 Å². The Balaban J connectivity index is 1.91. The van der Waals surface area contributed by atoms with Gasteiger partial charge in [-0.1, -0.05) is 36.7 Å². The molecule has 6 heteroatoms. The van der Waals surface area contributed by atoms with Crippen LogP contribution in [0.4, 0.5) is 0 Å². The van der Waals surface area contributed by atoms with Crippen LogP contribution in [0.25, 0.3) is 0 Å². The van der Waals surface area contributed by atoms with Crippen LogP contribution < -0.4 is 5.32 Å². The molecule has 5 nitrogen and oxygen atoms in total. The van der Waals surface area contributed by atoms with Crippen LogP contribution in [-0.2, 0) is 6.54 Å². The smallest absolute Gasteiger partial charge is 0.254 e. The SMILES string of the molecule is CCC(O)CCNC(=O)c1cnn(Cc2ccccc2Cl)c1. The Bertz CT molecular complexity index is 627. The zero-order chi connectivity index (χ0) is 15.9. The number of aromatic nitrogens is 2. The lowest BCUT2D eigenvalue weighted by atomic mass is 10.2. The summed E-state index contributed by atoms with van der Waals surface area (Å²) in [5.74, 6) is -0.186. The average Bonchev–Trinajstić information content (AvgIpc) is 2.98. The zero-order valence-electron chi connectivity index (χ0n) is 12.5. The molecule has 0 aliphatic heterocycles. The molecule has 0 aliphatic carbocycles. The maximum Gasteiger partial charge on any atom is 0.254 e. The van der Waals surface area contributed by atoms with Crippen molar-refractivity contribution in [3.63, 3.8) is 0 Å². The van der Waals surface area contributed by atoms with E-state index in [-0.39, 0.29) is 12.0 Å². The fourth-order valence-corrected chi connectivity index (χ4v) is 2.22. The van der Waals surface area contributed by atoms with Crippen LogP contribution in [0.1, 0.15) is 35.7 Å². The van der Waals surface area contributed by atoms with Crippen molar-refractivity contribution in [2.24, 2.45) is 0 Å². The number of hydrogen-bond donors (Lipinski definition) is 2. The van der Waals surface area contributed by atoms with Gasteiger partial charge in [0, 0.05) is 17.8 Å². The molecule has 0 bridgehead atoms. The number of rotatable bonds is 7. The molecule has 2 N–H and O–H groups in total. The number of nitrogens with one attached hydrogen (secondary N) is 1. The number of aliphatic hydroxyl groups is 1. The third-order valence-corrected chi connectivity index (χ3v) is 3.79. The second kappa shape index (κ2) is 7.96. The van der Waals surface area contributed by atoms with E-state index < -0.39 is 0 Å². The summed E-state index contributed by atoms with van der Waals surface area (Å²) in [6.07, 6.45) is 4.09. The van der Waals surface area contributed by atoms with Crippen molar-refractivity contribution in [2.75, 3.05) is 6.54 Å². The minimum atomic E-state index is -0.372. The van der Waals surface area contributed by atoms with E-state index in [9.17, 15) is 9.90 Å². The number of nitrogens with zero attached hydrogens (tertiary/aromatic N) is 2. The van der Waals surface area contributed by atoms with Gasteiger partial charge in [-0.15, -0.1) is 0 Å². The Hall–Kier alpha value is -1.85. The van der Waals surface area contributed by atoms with Gasteiger partial charge in [0.05, 0.1) is 24.4 Å². The molecule has 1 amide bonds. The van der Waals surface area contributed by atoms with Crippen LogP contribution in [0.15, 0.2) is 36.7 Å². The third kappa shape index (κ3) is 4.58. The van der Waals surface area contributed by atoms with Gasteiger partial charge in [0.2, 0.25) is 0 Å². The first-order valence-electron chi connectivity index (χ1n) is 7.32. The van der Waals surface area contributed by atoms with Gasteiger partial charge in [0.1, 0.15) is 0 Å². The summed E-state index contributed by atoms with van der Waals surface area (Å²) in [6, 6.07) is 7.54. The van der Waals surface area contributed by atoms with E-state index in [1.54, 1.807) is 10.9 Å². The van der Waals surface area contributed by atoms with E-state index in [1.165, 1.54) is 6.20 Å². The van der Waals surface area contributed by atoms with Crippen LogP contribution >= 0.6 is 11.6 Å². The van der Waals surface area contributed by atoms with Crippen LogP contribution in [0.3, 0.4) is 0 Å². The molecule has 0 fully saturated rings. The Morgan fingerprint density at radius 2 is 2.23 bits per heavy atom. The molecular weight excluding hydrogens is 302 g/mol. The molecule has 1 aromatic carbocycles. The van der Waals surface area contributed by atoms with E-state index in [2.05, 4.69) is 10.4 Å². The molecule has 1 heterocycles. The standard InChI is InChI=1S/C16H20ClN3O2/c1-2-14(21)7-8-18-16(22)13-9-19-20(11-13)10-12-5-3-4-6-15(12)17/h3-6,9,11,14,21H,2,7-8,10H2,1H3,(H,18,22). The van der Waals surface area contributed by atoms with Crippen LogP contribution in [0.2, 0.25) is 5.02 Å². The van der Waals surface area contributed by atoms with E-state index >= 15 is 0 Å². The minimum Gasteiger partial charge on any atom is -0.393 e. The van der Waals surface area contributed by atoms with E-state index in [4.69, 9.17) is 11.6 Å². The van der Waals surface area contributed by atoms with Crippen molar-refractivity contribution in [3.05, 3.63) is 52.8 Å². The highest BCUT2D eigenvalue weighted by Crippen LogP contribution is 2.16. The van der Waals surface area contributed by atoms with Crippen LogP contribution in [-0.4, -0.2) is 33.4 Å². The number of hydrogen-bond acceptors (Lipinski definition) is 3. The van der Waals surface area contributed by atoms with Crippen LogP contribution in [0.5, 0.6) is 0 Å². The summed E-state index contributed by atoms with van der Waals surface area (Å²) in [4.78, 5) is 12.0. The van der Waals surface area contributed by atoms with E-state index in [1.807, 2.05) is 31.2 Å². The van der Waals surface area contributed by atoms with Crippen molar-refractivity contribution in [3.8, 4) is 0 Å². The van der Waals surface area contributed by atoms with Gasteiger partial charge in [0.15, 0.2) is 0 Å². The topological polar surface area (TPSA) is 67.2 Å². The molecule has 1 atom stereocenters. The zero-order valence-corrected chi connectivity index (χ0v) is 13.3. The van der Waals surface area contributed by atoms with Gasteiger partial charge in [-0.05, 0) is 24.5 Å². The maximum absolute atomic E-state index is 12.0. The number of benzene rings is 1.